The first kappa shape index (κ1) is 12.1. The number of benzene rings is 1. The number of rotatable bonds is 3. The number of ether oxygens (including phenoxy) is 1. The van der Waals surface area contributed by atoms with E-state index in [-0.39, 0.29) is 17.2 Å². The molecule has 0 aliphatic rings. The SMILES string of the molecule is COc1ccc(C(=O)O)c2c1nc(C(C)=O)n2C. The standard InChI is InChI=1S/C12H12N2O4/c1-6(15)11-13-9-8(18-3)5-4-7(12(16)17)10(9)14(11)2/h4-5H,1-3H3,(H,16,17). The van der Waals surface area contributed by atoms with Crippen LogP contribution in [0, 0.1) is 0 Å². The van der Waals surface area contributed by atoms with Crippen molar-refractivity contribution < 1.29 is 19.4 Å². The van der Waals surface area contributed by atoms with Gasteiger partial charge in [0.25, 0.3) is 0 Å². The molecule has 0 saturated heterocycles. The zero-order valence-corrected chi connectivity index (χ0v) is 10.2. The molecule has 0 aliphatic heterocycles. The molecule has 0 unspecified atom stereocenters. The lowest BCUT2D eigenvalue weighted by Gasteiger charge is -2.04. The van der Waals surface area contributed by atoms with Crippen LogP contribution in [0.4, 0.5) is 0 Å². The highest BCUT2D eigenvalue weighted by atomic mass is 16.5. The summed E-state index contributed by atoms with van der Waals surface area (Å²) in [6.45, 7) is 1.38. The summed E-state index contributed by atoms with van der Waals surface area (Å²) in [5.41, 5.74) is 0.852. The summed E-state index contributed by atoms with van der Waals surface area (Å²) in [7, 11) is 3.08. The van der Waals surface area contributed by atoms with Crippen LogP contribution in [-0.2, 0) is 7.05 Å². The number of Topliss-reactive ketones (excluding diaryl/α,β-unsaturated/α-hetero) is 1. The Hall–Kier alpha value is -2.37. The van der Waals surface area contributed by atoms with E-state index in [0.717, 1.165) is 0 Å². The predicted molar refractivity (Wildman–Crippen MR) is 64.2 cm³/mol. The molecular weight excluding hydrogens is 236 g/mol. The number of carboxylic acid groups (broad SMARTS) is 1. The van der Waals surface area contributed by atoms with Crippen LogP contribution in [0.2, 0.25) is 0 Å². The smallest absolute Gasteiger partial charge is 0.337 e. The number of hydrogen-bond acceptors (Lipinski definition) is 4. The molecule has 1 N–H and O–H groups in total. The molecule has 1 aromatic heterocycles. The van der Waals surface area contributed by atoms with Gasteiger partial charge in [-0.1, -0.05) is 0 Å². The average Bonchev–Trinajstić information content (AvgIpc) is 2.66. The maximum absolute atomic E-state index is 11.4. The summed E-state index contributed by atoms with van der Waals surface area (Å²) < 4.78 is 6.61. The number of ketones is 1. The lowest BCUT2D eigenvalue weighted by molar-refractivity contribution is 0.0698. The van der Waals surface area contributed by atoms with Gasteiger partial charge in [0.05, 0.1) is 18.2 Å². The minimum atomic E-state index is -1.07. The average molecular weight is 248 g/mol. The van der Waals surface area contributed by atoms with Gasteiger partial charge in [-0.15, -0.1) is 0 Å². The number of methoxy groups -OCH3 is 1. The lowest BCUT2D eigenvalue weighted by atomic mass is 10.1. The molecule has 1 heterocycles. The van der Waals surface area contributed by atoms with Gasteiger partial charge in [-0.05, 0) is 12.1 Å². The summed E-state index contributed by atoms with van der Waals surface area (Å²) >= 11 is 0. The van der Waals surface area contributed by atoms with E-state index in [4.69, 9.17) is 9.84 Å². The Morgan fingerprint density at radius 2 is 2.06 bits per heavy atom. The summed E-state index contributed by atoms with van der Waals surface area (Å²) in [6.07, 6.45) is 0. The van der Waals surface area contributed by atoms with Crippen LogP contribution in [0.25, 0.3) is 11.0 Å². The van der Waals surface area contributed by atoms with E-state index < -0.39 is 5.97 Å². The number of aryl methyl sites for hydroxylation is 1. The van der Waals surface area contributed by atoms with E-state index in [2.05, 4.69) is 4.98 Å². The van der Waals surface area contributed by atoms with E-state index in [1.54, 1.807) is 7.05 Å². The van der Waals surface area contributed by atoms with Crippen molar-refractivity contribution in [2.45, 2.75) is 6.92 Å². The van der Waals surface area contributed by atoms with Crippen molar-refractivity contribution in [3.05, 3.63) is 23.5 Å². The molecule has 6 heteroatoms. The number of carbonyl (C=O) groups excluding carboxylic acids is 1. The second-order valence-electron chi connectivity index (χ2n) is 3.87. The predicted octanol–water partition coefficient (Wildman–Crippen LogP) is 1.48. The molecule has 18 heavy (non-hydrogen) atoms. The summed E-state index contributed by atoms with van der Waals surface area (Å²) in [6, 6.07) is 2.97. The van der Waals surface area contributed by atoms with Crippen molar-refractivity contribution in [3.63, 3.8) is 0 Å². The first-order valence-electron chi connectivity index (χ1n) is 5.25. The van der Waals surface area contributed by atoms with Crippen LogP contribution < -0.4 is 4.74 Å². The van der Waals surface area contributed by atoms with E-state index in [9.17, 15) is 9.59 Å². The number of nitrogens with zero attached hydrogens (tertiary/aromatic N) is 2. The van der Waals surface area contributed by atoms with Gasteiger partial charge < -0.3 is 14.4 Å². The van der Waals surface area contributed by atoms with Crippen LogP contribution >= 0.6 is 0 Å². The van der Waals surface area contributed by atoms with Crippen LogP contribution in [-0.4, -0.2) is 33.5 Å². The van der Waals surface area contributed by atoms with Crippen molar-refractivity contribution in [1.82, 2.24) is 9.55 Å². The summed E-state index contributed by atoms with van der Waals surface area (Å²) in [5, 5.41) is 9.15. The van der Waals surface area contributed by atoms with E-state index in [1.165, 1.54) is 30.7 Å². The molecule has 0 bridgehead atoms. The number of fused-ring (bicyclic) bond motifs is 1. The maximum Gasteiger partial charge on any atom is 0.337 e. The Morgan fingerprint density at radius 3 is 2.56 bits per heavy atom. The van der Waals surface area contributed by atoms with Gasteiger partial charge >= 0.3 is 5.97 Å². The molecule has 1 aromatic carbocycles. The number of imidazole rings is 1. The van der Waals surface area contributed by atoms with Crippen LogP contribution in [0.15, 0.2) is 12.1 Å². The van der Waals surface area contributed by atoms with Crippen molar-refractivity contribution in [1.29, 1.82) is 0 Å². The molecule has 0 saturated carbocycles. The molecule has 0 radical (unpaired) electrons. The quantitative estimate of drug-likeness (QED) is 0.832. The first-order chi connectivity index (χ1) is 8.47. The highest BCUT2D eigenvalue weighted by Gasteiger charge is 2.20. The second-order valence-corrected chi connectivity index (χ2v) is 3.87. The molecular formula is C12H12N2O4. The van der Waals surface area contributed by atoms with Crippen molar-refractivity contribution in [3.8, 4) is 5.75 Å². The van der Waals surface area contributed by atoms with Crippen LogP contribution in [0.3, 0.4) is 0 Å². The zero-order valence-electron chi connectivity index (χ0n) is 10.2. The molecule has 0 aliphatic carbocycles. The fraction of sp³-hybridized carbons (Fsp3) is 0.250. The first-order valence-corrected chi connectivity index (χ1v) is 5.25. The molecule has 0 amide bonds. The minimum Gasteiger partial charge on any atom is -0.494 e. The number of carbonyl (C=O) groups is 2. The van der Waals surface area contributed by atoms with E-state index in [0.29, 0.717) is 16.8 Å². The van der Waals surface area contributed by atoms with Gasteiger partial charge in [0, 0.05) is 14.0 Å². The fourth-order valence-corrected chi connectivity index (χ4v) is 1.95. The minimum absolute atomic E-state index is 0.0910. The number of carboxylic acids is 1. The molecule has 2 aromatic rings. The third kappa shape index (κ3) is 1.62. The Labute approximate surface area is 103 Å². The molecule has 2 rings (SSSR count). The Bertz CT molecular complexity index is 658. The maximum atomic E-state index is 11.4. The lowest BCUT2D eigenvalue weighted by Crippen LogP contribution is -2.05. The topological polar surface area (TPSA) is 81.4 Å². The Balaban J connectivity index is 2.93. The molecule has 0 fully saturated rings. The summed E-state index contributed by atoms with van der Waals surface area (Å²) in [4.78, 5) is 26.8. The van der Waals surface area contributed by atoms with E-state index in [1.807, 2.05) is 0 Å². The molecule has 6 nitrogen and oxygen atoms in total. The largest absolute Gasteiger partial charge is 0.494 e. The fourth-order valence-electron chi connectivity index (χ4n) is 1.95. The van der Waals surface area contributed by atoms with Gasteiger partial charge in [-0.3, -0.25) is 4.79 Å². The van der Waals surface area contributed by atoms with E-state index >= 15 is 0 Å². The molecule has 94 valence electrons. The van der Waals surface area contributed by atoms with Crippen molar-refractivity contribution in [2.24, 2.45) is 7.05 Å². The summed E-state index contributed by atoms with van der Waals surface area (Å²) in [5.74, 6) is -0.650. The van der Waals surface area contributed by atoms with Gasteiger partial charge in [0.1, 0.15) is 11.3 Å². The van der Waals surface area contributed by atoms with Crippen LogP contribution in [0.5, 0.6) is 5.75 Å². The van der Waals surface area contributed by atoms with Gasteiger partial charge in [0.15, 0.2) is 11.6 Å². The van der Waals surface area contributed by atoms with Crippen molar-refractivity contribution >= 4 is 22.8 Å². The molecule has 0 spiro atoms. The molecule has 0 atom stereocenters. The number of hydrogen-bond donors (Lipinski definition) is 1. The van der Waals surface area contributed by atoms with Crippen LogP contribution in [0.1, 0.15) is 27.9 Å². The monoisotopic (exact) mass is 248 g/mol. The third-order valence-electron chi connectivity index (χ3n) is 2.75. The highest BCUT2D eigenvalue weighted by Crippen LogP contribution is 2.28. The van der Waals surface area contributed by atoms with Gasteiger partial charge in [0.2, 0.25) is 0 Å². The Morgan fingerprint density at radius 1 is 1.39 bits per heavy atom. The van der Waals surface area contributed by atoms with Crippen molar-refractivity contribution in [2.75, 3.05) is 7.11 Å². The normalized spacial score (nSPS) is 10.6. The number of aromatic carboxylic acids is 1. The Kier molecular flexibility index (Phi) is 2.78. The van der Waals surface area contributed by atoms with Gasteiger partial charge in [-0.2, -0.15) is 0 Å². The second kappa shape index (κ2) is 4.14. The number of aromatic nitrogens is 2. The van der Waals surface area contributed by atoms with Gasteiger partial charge in [-0.25, -0.2) is 9.78 Å². The third-order valence-corrected chi connectivity index (χ3v) is 2.75. The highest BCUT2D eigenvalue weighted by molar-refractivity contribution is 6.05. The zero-order chi connectivity index (χ0) is 13.4.